The minimum Gasteiger partial charge on any atom is -0.419 e. The number of sulfonamides is 1. The first-order chi connectivity index (χ1) is 13.0. The zero-order chi connectivity index (χ0) is 19.3. The third-order valence-corrected chi connectivity index (χ3v) is 6.86. The van der Waals surface area contributed by atoms with Gasteiger partial charge in [0, 0.05) is 36.8 Å². The van der Waals surface area contributed by atoms with Gasteiger partial charge in [-0.25, -0.2) is 8.42 Å². The van der Waals surface area contributed by atoms with Gasteiger partial charge in [-0.05, 0) is 30.7 Å². The fourth-order valence-electron chi connectivity index (χ4n) is 3.05. The number of unbranched alkanes of at least 4 members (excludes halogenated alkanes) is 2. The van der Waals surface area contributed by atoms with E-state index in [4.69, 9.17) is 16.0 Å². The molecule has 27 heavy (non-hydrogen) atoms. The predicted octanol–water partition coefficient (Wildman–Crippen LogP) is 3.03. The predicted molar refractivity (Wildman–Crippen MR) is 105 cm³/mol. The number of nitrogens with zero attached hydrogens (tertiary/aromatic N) is 4. The Labute approximate surface area is 165 Å². The Hall–Kier alpha value is -1.48. The van der Waals surface area contributed by atoms with Crippen molar-refractivity contribution in [3.63, 3.8) is 0 Å². The van der Waals surface area contributed by atoms with Crippen LogP contribution in [-0.2, 0) is 16.6 Å². The van der Waals surface area contributed by atoms with Crippen LogP contribution in [0.2, 0.25) is 5.02 Å². The first-order valence-electron chi connectivity index (χ1n) is 9.26. The molecule has 0 atom stereocenters. The van der Waals surface area contributed by atoms with E-state index in [0.717, 1.165) is 24.8 Å². The molecule has 3 rings (SSSR count). The highest BCUT2D eigenvalue weighted by molar-refractivity contribution is 7.89. The maximum Gasteiger partial charge on any atom is 0.247 e. The van der Waals surface area contributed by atoms with E-state index >= 15 is 0 Å². The Kier molecular flexibility index (Phi) is 6.86. The molecule has 0 radical (unpaired) electrons. The molecule has 148 valence electrons. The van der Waals surface area contributed by atoms with E-state index in [2.05, 4.69) is 22.0 Å². The Morgan fingerprint density at radius 1 is 1.07 bits per heavy atom. The van der Waals surface area contributed by atoms with E-state index in [1.807, 2.05) is 12.1 Å². The fraction of sp³-hybridized carbons (Fsp3) is 0.556. The van der Waals surface area contributed by atoms with Crippen LogP contribution in [0.1, 0.15) is 32.1 Å². The molecule has 0 N–H and O–H groups in total. The standard InChI is InChI=1S/C18H25ClN4O3S/c1-2-3-4-13-27(24,25)23-11-9-22(10-12-23)14-17-20-21-18(26-17)15-5-7-16(19)8-6-15/h5-8H,2-4,9-14H2,1H3. The van der Waals surface area contributed by atoms with Crippen molar-refractivity contribution in [1.29, 1.82) is 0 Å². The van der Waals surface area contributed by atoms with Gasteiger partial charge in [0.25, 0.3) is 0 Å². The van der Waals surface area contributed by atoms with Crippen molar-refractivity contribution in [2.24, 2.45) is 0 Å². The molecule has 0 bridgehead atoms. The van der Waals surface area contributed by atoms with E-state index in [1.165, 1.54) is 0 Å². The number of piperazine rings is 1. The summed E-state index contributed by atoms with van der Waals surface area (Å²) in [6, 6.07) is 7.23. The van der Waals surface area contributed by atoms with Gasteiger partial charge in [0.2, 0.25) is 21.8 Å². The van der Waals surface area contributed by atoms with E-state index in [0.29, 0.717) is 49.5 Å². The largest absolute Gasteiger partial charge is 0.419 e. The van der Waals surface area contributed by atoms with E-state index in [1.54, 1.807) is 16.4 Å². The number of rotatable bonds is 8. The lowest BCUT2D eigenvalue weighted by Gasteiger charge is -2.33. The smallest absolute Gasteiger partial charge is 0.247 e. The normalized spacial score (nSPS) is 16.7. The van der Waals surface area contributed by atoms with Crippen molar-refractivity contribution in [3.05, 3.63) is 35.2 Å². The van der Waals surface area contributed by atoms with Crippen molar-refractivity contribution in [3.8, 4) is 11.5 Å². The average Bonchev–Trinajstić information content (AvgIpc) is 3.11. The van der Waals surface area contributed by atoms with Crippen molar-refractivity contribution in [2.45, 2.75) is 32.7 Å². The summed E-state index contributed by atoms with van der Waals surface area (Å²) in [6.45, 7) is 4.92. The lowest BCUT2D eigenvalue weighted by atomic mass is 10.2. The van der Waals surface area contributed by atoms with Crippen molar-refractivity contribution in [2.75, 3.05) is 31.9 Å². The van der Waals surface area contributed by atoms with E-state index in [9.17, 15) is 8.42 Å². The minimum atomic E-state index is -3.14. The van der Waals surface area contributed by atoms with Gasteiger partial charge in [-0.15, -0.1) is 10.2 Å². The highest BCUT2D eigenvalue weighted by atomic mass is 35.5. The van der Waals surface area contributed by atoms with Gasteiger partial charge >= 0.3 is 0 Å². The quantitative estimate of drug-likeness (QED) is 0.620. The Balaban J connectivity index is 1.52. The summed E-state index contributed by atoms with van der Waals surface area (Å²) in [5.41, 5.74) is 0.821. The molecular formula is C18H25ClN4O3S. The molecule has 0 unspecified atom stereocenters. The molecular weight excluding hydrogens is 388 g/mol. The molecule has 0 aliphatic carbocycles. The molecule has 0 amide bonds. The second-order valence-electron chi connectivity index (χ2n) is 6.71. The minimum absolute atomic E-state index is 0.245. The first kappa shape index (κ1) is 20.3. The summed E-state index contributed by atoms with van der Waals surface area (Å²) >= 11 is 5.89. The number of hydrogen-bond donors (Lipinski definition) is 0. The number of halogens is 1. The van der Waals surface area contributed by atoms with Crippen molar-refractivity contribution >= 4 is 21.6 Å². The third-order valence-electron chi connectivity index (χ3n) is 4.65. The van der Waals surface area contributed by atoms with Crippen LogP contribution in [0.3, 0.4) is 0 Å². The van der Waals surface area contributed by atoms with E-state index < -0.39 is 10.0 Å². The molecule has 1 aromatic carbocycles. The summed E-state index contributed by atoms with van der Waals surface area (Å²) in [6.07, 6.45) is 2.70. The van der Waals surface area contributed by atoms with Gasteiger partial charge in [0.05, 0.1) is 12.3 Å². The average molecular weight is 413 g/mol. The lowest BCUT2D eigenvalue weighted by Crippen LogP contribution is -2.48. The SMILES string of the molecule is CCCCCS(=O)(=O)N1CCN(Cc2nnc(-c3ccc(Cl)cc3)o2)CC1. The van der Waals surface area contributed by atoms with Gasteiger partial charge in [-0.2, -0.15) is 4.31 Å². The summed E-state index contributed by atoms with van der Waals surface area (Å²) in [5.74, 6) is 1.23. The lowest BCUT2D eigenvalue weighted by molar-refractivity contribution is 0.168. The molecule has 2 heterocycles. The molecule has 0 saturated carbocycles. The molecule has 1 fully saturated rings. The molecule has 0 spiro atoms. The van der Waals surface area contributed by atoms with Crippen LogP contribution in [0.15, 0.2) is 28.7 Å². The number of benzene rings is 1. The third kappa shape index (κ3) is 5.51. The second-order valence-corrected chi connectivity index (χ2v) is 9.23. The monoisotopic (exact) mass is 412 g/mol. The van der Waals surface area contributed by atoms with Gasteiger partial charge in [0.15, 0.2) is 0 Å². The Morgan fingerprint density at radius 2 is 1.78 bits per heavy atom. The first-order valence-corrected chi connectivity index (χ1v) is 11.2. The zero-order valence-electron chi connectivity index (χ0n) is 15.5. The van der Waals surface area contributed by atoms with E-state index in [-0.39, 0.29) is 5.75 Å². The second kappa shape index (κ2) is 9.14. The zero-order valence-corrected chi connectivity index (χ0v) is 17.0. The van der Waals surface area contributed by atoms with Crippen molar-refractivity contribution in [1.82, 2.24) is 19.4 Å². The Morgan fingerprint density at radius 3 is 2.44 bits per heavy atom. The maximum absolute atomic E-state index is 12.4. The molecule has 9 heteroatoms. The molecule has 1 aliphatic heterocycles. The van der Waals surface area contributed by atoms with Crippen LogP contribution >= 0.6 is 11.6 Å². The van der Waals surface area contributed by atoms with Crippen LogP contribution in [0, 0.1) is 0 Å². The van der Waals surface area contributed by atoms with Crippen molar-refractivity contribution < 1.29 is 12.8 Å². The maximum atomic E-state index is 12.4. The number of hydrogen-bond acceptors (Lipinski definition) is 6. The molecule has 2 aromatic rings. The van der Waals surface area contributed by atoms with Gasteiger partial charge in [-0.1, -0.05) is 31.4 Å². The molecule has 7 nitrogen and oxygen atoms in total. The molecule has 1 aromatic heterocycles. The van der Waals surface area contributed by atoms with Crippen LogP contribution in [-0.4, -0.2) is 59.8 Å². The van der Waals surface area contributed by atoms with Gasteiger partial charge in [0.1, 0.15) is 0 Å². The summed E-state index contributed by atoms with van der Waals surface area (Å²) in [4.78, 5) is 2.14. The van der Waals surface area contributed by atoms with Crippen LogP contribution in [0.5, 0.6) is 0 Å². The highest BCUT2D eigenvalue weighted by Gasteiger charge is 2.27. The van der Waals surface area contributed by atoms with Crippen LogP contribution in [0.25, 0.3) is 11.5 Å². The molecule has 1 saturated heterocycles. The number of aromatic nitrogens is 2. The van der Waals surface area contributed by atoms with Crippen LogP contribution < -0.4 is 0 Å². The van der Waals surface area contributed by atoms with Gasteiger partial charge < -0.3 is 4.42 Å². The summed E-state index contributed by atoms with van der Waals surface area (Å²) in [5, 5.41) is 8.84. The van der Waals surface area contributed by atoms with Gasteiger partial charge in [-0.3, -0.25) is 4.90 Å². The Bertz CT molecular complexity index is 831. The fourth-order valence-corrected chi connectivity index (χ4v) is 4.72. The topological polar surface area (TPSA) is 79.5 Å². The highest BCUT2D eigenvalue weighted by Crippen LogP contribution is 2.21. The summed E-state index contributed by atoms with van der Waals surface area (Å²) < 4.78 is 32.1. The van der Waals surface area contributed by atoms with Crippen LogP contribution in [0.4, 0.5) is 0 Å². The summed E-state index contributed by atoms with van der Waals surface area (Å²) in [7, 11) is -3.14. The molecule has 1 aliphatic rings.